The van der Waals surface area contributed by atoms with Gasteiger partial charge in [0.1, 0.15) is 5.82 Å². The molecule has 3 heterocycles. The van der Waals surface area contributed by atoms with Crippen LogP contribution in [-0.2, 0) is 19.1 Å². The number of hydrogen-bond donors (Lipinski definition) is 3. The van der Waals surface area contributed by atoms with Gasteiger partial charge in [0.25, 0.3) is 0 Å². The Morgan fingerprint density at radius 2 is 1.81 bits per heavy atom. The first-order valence-corrected chi connectivity index (χ1v) is 11.0. The van der Waals surface area contributed by atoms with Crippen molar-refractivity contribution in [1.29, 1.82) is 0 Å². The smallest absolute Gasteiger partial charge is 0.311 e. The van der Waals surface area contributed by atoms with E-state index in [4.69, 9.17) is 21.1 Å². The lowest BCUT2D eigenvalue weighted by Crippen LogP contribution is -2.47. The number of ether oxygens (including phenoxy) is 2. The van der Waals surface area contributed by atoms with Gasteiger partial charge in [0.2, 0.25) is 0 Å². The summed E-state index contributed by atoms with van der Waals surface area (Å²) in [6.07, 6.45) is 1.52. The predicted octanol–water partition coefficient (Wildman–Crippen LogP) is 1.01. The van der Waals surface area contributed by atoms with Crippen LogP contribution in [0.15, 0.2) is 18.3 Å². The van der Waals surface area contributed by atoms with Gasteiger partial charge in [0, 0.05) is 25.8 Å². The van der Waals surface area contributed by atoms with Gasteiger partial charge in [0.05, 0.1) is 42.3 Å². The van der Waals surface area contributed by atoms with E-state index in [1.165, 1.54) is 0 Å². The van der Waals surface area contributed by atoms with Crippen molar-refractivity contribution < 1.29 is 29.3 Å². The Balaban J connectivity index is 0.000000245. The SMILES string of the molecule is CCOC(=O)C1CCN(c2ncccc2Cl)CC1O.CCOC(=O)C1CCNCC1O. The van der Waals surface area contributed by atoms with Crippen molar-refractivity contribution in [3.63, 3.8) is 0 Å². The fourth-order valence-electron chi connectivity index (χ4n) is 3.62. The number of esters is 2. The van der Waals surface area contributed by atoms with Gasteiger partial charge in [-0.1, -0.05) is 11.6 Å². The number of halogens is 1. The largest absolute Gasteiger partial charge is 0.466 e. The number of hydrogen-bond acceptors (Lipinski definition) is 9. The predicted molar refractivity (Wildman–Crippen MR) is 116 cm³/mol. The highest BCUT2D eigenvalue weighted by molar-refractivity contribution is 6.32. The van der Waals surface area contributed by atoms with Crippen LogP contribution in [0.2, 0.25) is 5.02 Å². The van der Waals surface area contributed by atoms with Crippen molar-refractivity contribution in [2.75, 3.05) is 44.3 Å². The van der Waals surface area contributed by atoms with Crippen molar-refractivity contribution in [2.24, 2.45) is 11.8 Å². The van der Waals surface area contributed by atoms with Crippen molar-refractivity contribution in [3.05, 3.63) is 23.4 Å². The Hall–Kier alpha value is -1.94. The molecule has 0 spiro atoms. The highest BCUT2D eigenvalue weighted by Crippen LogP contribution is 2.28. The number of aliphatic hydroxyl groups is 2. The summed E-state index contributed by atoms with van der Waals surface area (Å²) in [6.45, 7) is 6.47. The Morgan fingerprint density at radius 1 is 1.16 bits per heavy atom. The summed E-state index contributed by atoms with van der Waals surface area (Å²) < 4.78 is 9.78. The second-order valence-corrected chi connectivity index (χ2v) is 7.80. The van der Waals surface area contributed by atoms with Crippen LogP contribution < -0.4 is 10.2 Å². The monoisotopic (exact) mass is 457 g/mol. The number of nitrogens with zero attached hydrogens (tertiary/aromatic N) is 2. The molecule has 2 aliphatic rings. The zero-order valence-corrected chi connectivity index (χ0v) is 18.8. The standard InChI is InChI=1S/C13H17ClN2O3.C8H15NO3/c1-2-19-13(18)9-5-7-16(8-11(9)17)12-10(14)4-3-6-15-12;1-2-12-8(11)6-3-4-9-5-7(6)10/h3-4,6,9,11,17H,2,5,7-8H2,1H3;6-7,9-10H,2-5H2,1H3. The van der Waals surface area contributed by atoms with E-state index in [0.29, 0.717) is 56.5 Å². The summed E-state index contributed by atoms with van der Waals surface area (Å²) in [5.41, 5.74) is 0. The van der Waals surface area contributed by atoms with Crippen LogP contribution in [0.5, 0.6) is 0 Å². The fourth-order valence-corrected chi connectivity index (χ4v) is 3.87. The third kappa shape index (κ3) is 7.31. The lowest BCUT2D eigenvalue weighted by molar-refractivity contribution is -0.154. The molecule has 0 saturated carbocycles. The van der Waals surface area contributed by atoms with Crippen LogP contribution >= 0.6 is 11.6 Å². The van der Waals surface area contributed by atoms with Crippen LogP contribution in [0, 0.1) is 11.8 Å². The highest BCUT2D eigenvalue weighted by atomic mass is 35.5. The minimum atomic E-state index is -0.758. The average Bonchev–Trinajstić information content (AvgIpc) is 2.75. The molecule has 3 N–H and O–H groups in total. The van der Waals surface area contributed by atoms with E-state index in [9.17, 15) is 19.8 Å². The zero-order chi connectivity index (χ0) is 22.8. The van der Waals surface area contributed by atoms with E-state index in [1.807, 2.05) is 4.90 Å². The number of aromatic nitrogens is 1. The lowest BCUT2D eigenvalue weighted by atomic mass is 9.94. The molecular weight excluding hydrogens is 426 g/mol. The second-order valence-electron chi connectivity index (χ2n) is 7.39. The summed E-state index contributed by atoms with van der Waals surface area (Å²) in [5.74, 6) is -0.747. The van der Waals surface area contributed by atoms with Gasteiger partial charge in [-0.25, -0.2) is 4.98 Å². The van der Waals surface area contributed by atoms with Crippen molar-refractivity contribution in [2.45, 2.75) is 38.9 Å². The van der Waals surface area contributed by atoms with Gasteiger partial charge in [-0.2, -0.15) is 0 Å². The molecule has 0 bridgehead atoms. The zero-order valence-electron chi connectivity index (χ0n) is 18.0. The minimum absolute atomic E-state index is 0.272. The molecule has 174 valence electrons. The maximum absolute atomic E-state index is 11.7. The van der Waals surface area contributed by atoms with Gasteiger partial charge in [-0.3, -0.25) is 9.59 Å². The Morgan fingerprint density at radius 3 is 2.35 bits per heavy atom. The van der Waals surface area contributed by atoms with E-state index in [0.717, 1.165) is 6.54 Å². The molecule has 0 amide bonds. The van der Waals surface area contributed by atoms with Crippen molar-refractivity contribution >= 4 is 29.4 Å². The van der Waals surface area contributed by atoms with Gasteiger partial charge >= 0.3 is 11.9 Å². The van der Waals surface area contributed by atoms with Gasteiger partial charge in [0.15, 0.2) is 0 Å². The molecule has 0 aliphatic carbocycles. The molecule has 0 aromatic carbocycles. The molecular formula is C21H32ClN3O6. The van der Waals surface area contributed by atoms with Crippen LogP contribution in [0.25, 0.3) is 0 Å². The van der Waals surface area contributed by atoms with Gasteiger partial charge < -0.3 is 29.9 Å². The second kappa shape index (κ2) is 12.8. The molecule has 2 fully saturated rings. The van der Waals surface area contributed by atoms with E-state index in [1.54, 1.807) is 32.2 Å². The number of carbonyl (C=O) groups excluding carboxylic acids is 2. The number of nitrogens with one attached hydrogen (secondary N) is 1. The molecule has 2 saturated heterocycles. The van der Waals surface area contributed by atoms with Gasteiger partial charge in [-0.05, 0) is 45.4 Å². The van der Waals surface area contributed by atoms with Gasteiger partial charge in [-0.15, -0.1) is 0 Å². The number of pyridine rings is 1. The summed E-state index contributed by atoms with van der Waals surface area (Å²) in [5, 5.41) is 23.0. The molecule has 1 aromatic heterocycles. The molecule has 0 radical (unpaired) electrons. The average molecular weight is 458 g/mol. The summed E-state index contributed by atoms with van der Waals surface area (Å²) in [6, 6.07) is 3.52. The maximum Gasteiger partial charge on any atom is 0.311 e. The number of anilines is 1. The first kappa shape index (κ1) is 25.3. The number of carbonyl (C=O) groups is 2. The normalized spacial score (nSPS) is 25.8. The Kier molecular flexibility index (Phi) is 10.5. The number of β-amino-alcohol motifs (C(OH)–C–C–N with tert-alkyl or cyclic N) is 2. The molecule has 1 aromatic rings. The summed E-state index contributed by atoms with van der Waals surface area (Å²) in [7, 11) is 0. The molecule has 4 unspecified atom stereocenters. The van der Waals surface area contributed by atoms with Crippen molar-refractivity contribution in [3.8, 4) is 0 Å². The molecule has 10 heteroatoms. The molecule has 3 rings (SSSR count). The van der Waals surface area contributed by atoms with Crippen LogP contribution in [-0.4, -0.2) is 78.7 Å². The highest BCUT2D eigenvalue weighted by Gasteiger charge is 2.35. The summed E-state index contributed by atoms with van der Waals surface area (Å²) >= 11 is 6.08. The maximum atomic E-state index is 11.7. The third-order valence-electron chi connectivity index (χ3n) is 5.25. The first-order chi connectivity index (χ1) is 14.9. The fraction of sp³-hybridized carbons (Fsp3) is 0.667. The quantitative estimate of drug-likeness (QED) is 0.556. The molecule has 31 heavy (non-hydrogen) atoms. The minimum Gasteiger partial charge on any atom is -0.466 e. The molecule has 2 aliphatic heterocycles. The topological polar surface area (TPSA) is 121 Å². The van der Waals surface area contributed by atoms with Crippen LogP contribution in [0.1, 0.15) is 26.7 Å². The number of piperidine rings is 2. The van der Waals surface area contributed by atoms with E-state index >= 15 is 0 Å². The Labute approximate surface area is 187 Å². The van der Waals surface area contributed by atoms with E-state index < -0.39 is 18.1 Å². The van der Waals surface area contributed by atoms with E-state index in [-0.39, 0.29) is 17.9 Å². The summed E-state index contributed by atoms with van der Waals surface area (Å²) in [4.78, 5) is 29.0. The van der Waals surface area contributed by atoms with Crippen LogP contribution in [0.4, 0.5) is 5.82 Å². The van der Waals surface area contributed by atoms with Crippen molar-refractivity contribution in [1.82, 2.24) is 10.3 Å². The third-order valence-corrected chi connectivity index (χ3v) is 5.54. The number of aliphatic hydroxyl groups excluding tert-OH is 2. The molecule has 9 nitrogen and oxygen atoms in total. The lowest BCUT2D eigenvalue weighted by Gasteiger charge is -2.35. The van der Waals surface area contributed by atoms with Crippen LogP contribution in [0.3, 0.4) is 0 Å². The van der Waals surface area contributed by atoms with E-state index in [2.05, 4.69) is 10.3 Å². The number of rotatable bonds is 5. The molecule has 4 atom stereocenters. The Bertz CT molecular complexity index is 722. The first-order valence-electron chi connectivity index (χ1n) is 10.6.